The third-order valence-corrected chi connectivity index (χ3v) is 7.04. The molecule has 0 aliphatic carbocycles. The molecule has 0 spiro atoms. The molecule has 0 radical (unpaired) electrons. The molecule has 0 bridgehead atoms. The molecule has 1 amide bonds. The van der Waals surface area contributed by atoms with Crippen molar-refractivity contribution < 1.29 is 17.7 Å². The van der Waals surface area contributed by atoms with Gasteiger partial charge in [-0.1, -0.05) is 28.9 Å². The molecule has 3 aromatic rings. The maximum Gasteiger partial charge on any atom is 0.246 e. The van der Waals surface area contributed by atoms with Crippen LogP contribution in [0.1, 0.15) is 18.4 Å². The van der Waals surface area contributed by atoms with Crippen LogP contribution in [0.2, 0.25) is 0 Å². The summed E-state index contributed by atoms with van der Waals surface area (Å²) in [5.41, 5.74) is 0.960. The van der Waals surface area contributed by atoms with E-state index in [-0.39, 0.29) is 23.9 Å². The fraction of sp³-hybridized carbons (Fsp3) is 0.316. The van der Waals surface area contributed by atoms with Crippen LogP contribution in [0, 0.1) is 6.92 Å². The van der Waals surface area contributed by atoms with Gasteiger partial charge in [-0.05, 0) is 37.4 Å². The molecule has 0 unspecified atom stereocenters. The number of nitrogens with zero attached hydrogens (tertiary/aromatic N) is 4. The largest absolute Gasteiger partial charge is 0.337 e. The molecule has 0 aliphatic rings. The second kappa shape index (κ2) is 8.85. The molecule has 10 heteroatoms. The minimum Gasteiger partial charge on any atom is -0.337 e. The summed E-state index contributed by atoms with van der Waals surface area (Å²) in [5.74, 6) is 0.423. The highest BCUT2D eigenvalue weighted by Crippen LogP contribution is 2.21. The third-order valence-electron chi connectivity index (χ3n) is 4.36. The van der Waals surface area contributed by atoms with Crippen LogP contribution >= 0.6 is 11.3 Å². The Morgan fingerprint density at radius 1 is 1.21 bits per heavy atom. The van der Waals surface area contributed by atoms with E-state index in [0.29, 0.717) is 18.3 Å². The van der Waals surface area contributed by atoms with Gasteiger partial charge in [0.15, 0.2) is 0 Å². The van der Waals surface area contributed by atoms with E-state index in [1.54, 1.807) is 12.1 Å². The zero-order valence-electron chi connectivity index (χ0n) is 16.4. The van der Waals surface area contributed by atoms with Crippen LogP contribution in [-0.4, -0.2) is 53.8 Å². The molecule has 0 saturated heterocycles. The molecule has 2 aromatic heterocycles. The first kappa shape index (κ1) is 21.2. The average Bonchev–Trinajstić information content (AvgIpc) is 3.38. The van der Waals surface area contributed by atoms with Crippen LogP contribution in [0.3, 0.4) is 0 Å². The van der Waals surface area contributed by atoms with E-state index in [9.17, 15) is 13.2 Å². The summed E-state index contributed by atoms with van der Waals surface area (Å²) >= 11 is 1.49. The lowest BCUT2D eigenvalue weighted by atomic mass is 10.2. The van der Waals surface area contributed by atoms with E-state index in [1.165, 1.54) is 35.4 Å². The van der Waals surface area contributed by atoms with Crippen LogP contribution < -0.4 is 0 Å². The van der Waals surface area contributed by atoms with Crippen LogP contribution in [0.5, 0.6) is 0 Å². The number of thiophene rings is 1. The summed E-state index contributed by atoms with van der Waals surface area (Å²) in [6, 6.07) is 10.3. The highest BCUT2D eigenvalue weighted by Gasteiger charge is 2.25. The molecule has 3 rings (SSSR count). The summed E-state index contributed by atoms with van der Waals surface area (Å²) in [7, 11) is -2.36. The molecule has 154 valence electrons. The third kappa shape index (κ3) is 4.89. The second-order valence-corrected chi connectivity index (χ2v) is 9.46. The standard InChI is InChI=1S/C19H22N4O4S2/c1-4-23(12-17-20-19(21-27-17)16-6-5-11-28-16)18(24)13-22(3)29(25,26)15-9-7-14(2)8-10-15/h5-11H,4,12-13H2,1-3H3. The van der Waals surface area contributed by atoms with E-state index in [0.717, 1.165) is 14.7 Å². The Hall–Kier alpha value is -2.56. The van der Waals surface area contributed by atoms with Crippen molar-refractivity contribution in [2.75, 3.05) is 20.1 Å². The number of amides is 1. The van der Waals surface area contributed by atoms with Gasteiger partial charge in [-0.15, -0.1) is 11.3 Å². The van der Waals surface area contributed by atoms with Gasteiger partial charge in [0.25, 0.3) is 0 Å². The van der Waals surface area contributed by atoms with Crippen molar-refractivity contribution in [3.63, 3.8) is 0 Å². The zero-order chi connectivity index (χ0) is 21.0. The Bertz CT molecular complexity index is 1060. The maximum absolute atomic E-state index is 12.7. The monoisotopic (exact) mass is 434 g/mol. The van der Waals surface area contributed by atoms with Crippen molar-refractivity contribution in [3.8, 4) is 10.7 Å². The first-order valence-corrected chi connectivity index (χ1v) is 11.3. The van der Waals surface area contributed by atoms with Crippen molar-refractivity contribution in [1.82, 2.24) is 19.3 Å². The molecule has 1 aromatic carbocycles. The van der Waals surface area contributed by atoms with Crippen LogP contribution in [0.4, 0.5) is 0 Å². The first-order chi connectivity index (χ1) is 13.8. The highest BCUT2D eigenvalue weighted by molar-refractivity contribution is 7.89. The molecule has 0 atom stereocenters. The van der Waals surface area contributed by atoms with Gasteiger partial charge in [0.1, 0.15) is 6.54 Å². The fourth-order valence-corrected chi connectivity index (χ4v) is 4.40. The van der Waals surface area contributed by atoms with Crippen LogP contribution in [0.15, 0.2) is 51.2 Å². The summed E-state index contributed by atoms with van der Waals surface area (Å²) < 4.78 is 31.7. The van der Waals surface area contributed by atoms with Crippen molar-refractivity contribution in [3.05, 3.63) is 53.2 Å². The number of aryl methyl sites for hydroxylation is 1. The molecule has 29 heavy (non-hydrogen) atoms. The molecule has 8 nitrogen and oxygen atoms in total. The average molecular weight is 435 g/mol. The lowest BCUT2D eigenvalue weighted by Crippen LogP contribution is -2.40. The second-order valence-electron chi connectivity index (χ2n) is 6.47. The Labute approximate surface area is 173 Å². The van der Waals surface area contributed by atoms with Gasteiger partial charge in [0.05, 0.1) is 16.3 Å². The molecular formula is C19H22N4O4S2. The van der Waals surface area contributed by atoms with Gasteiger partial charge in [-0.25, -0.2) is 8.42 Å². The minimum atomic E-state index is -3.76. The Morgan fingerprint density at radius 3 is 2.55 bits per heavy atom. The molecule has 0 saturated carbocycles. The van der Waals surface area contributed by atoms with E-state index < -0.39 is 10.0 Å². The number of rotatable bonds is 8. The molecule has 0 fully saturated rings. The van der Waals surface area contributed by atoms with Crippen molar-refractivity contribution in [2.24, 2.45) is 0 Å². The van der Waals surface area contributed by atoms with Crippen molar-refractivity contribution >= 4 is 27.3 Å². The number of hydrogen-bond acceptors (Lipinski definition) is 7. The minimum absolute atomic E-state index is 0.117. The summed E-state index contributed by atoms with van der Waals surface area (Å²) in [5, 5.41) is 5.85. The first-order valence-electron chi connectivity index (χ1n) is 8.98. The summed E-state index contributed by atoms with van der Waals surface area (Å²) in [6.07, 6.45) is 0. The van der Waals surface area contributed by atoms with Gasteiger partial charge in [-0.2, -0.15) is 9.29 Å². The predicted molar refractivity (Wildman–Crippen MR) is 110 cm³/mol. The van der Waals surface area contributed by atoms with E-state index in [4.69, 9.17) is 4.52 Å². The van der Waals surface area contributed by atoms with E-state index in [1.807, 2.05) is 31.4 Å². The van der Waals surface area contributed by atoms with Gasteiger partial charge in [0, 0.05) is 13.6 Å². The van der Waals surface area contributed by atoms with Gasteiger partial charge in [0.2, 0.25) is 27.6 Å². The van der Waals surface area contributed by atoms with Crippen molar-refractivity contribution in [2.45, 2.75) is 25.3 Å². The summed E-state index contributed by atoms with van der Waals surface area (Å²) in [6.45, 7) is 3.91. The molecule has 0 aliphatic heterocycles. The number of sulfonamides is 1. The molecular weight excluding hydrogens is 412 g/mol. The zero-order valence-corrected chi connectivity index (χ0v) is 18.0. The van der Waals surface area contributed by atoms with Gasteiger partial charge in [-0.3, -0.25) is 4.79 Å². The number of carbonyl (C=O) groups excluding carboxylic acids is 1. The highest BCUT2D eigenvalue weighted by atomic mass is 32.2. The van der Waals surface area contributed by atoms with Crippen LogP contribution in [0.25, 0.3) is 10.7 Å². The van der Waals surface area contributed by atoms with E-state index >= 15 is 0 Å². The number of hydrogen-bond donors (Lipinski definition) is 0. The van der Waals surface area contributed by atoms with E-state index in [2.05, 4.69) is 10.1 Å². The quantitative estimate of drug-likeness (QED) is 0.541. The van der Waals surface area contributed by atoms with Crippen molar-refractivity contribution in [1.29, 1.82) is 0 Å². The smallest absolute Gasteiger partial charge is 0.246 e. The number of carbonyl (C=O) groups is 1. The summed E-state index contributed by atoms with van der Waals surface area (Å²) in [4.78, 5) is 19.5. The van der Waals surface area contributed by atoms with Crippen LogP contribution in [-0.2, 0) is 21.4 Å². The van der Waals surface area contributed by atoms with Gasteiger partial charge >= 0.3 is 0 Å². The van der Waals surface area contributed by atoms with Gasteiger partial charge < -0.3 is 9.42 Å². The SMILES string of the molecule is CCN(Cc1nc(-c2cccs2)no1)C(=O)CN(C)S(=O)(=O)c1ccc(C)cc1. The molecule has 2 heterocycles. The predicted octanol–water partition coefficient (Wildman–Crippen LogP) is 2.78. The fourth-order valence-electron chi connectivity index (χ4n) is 2.63. The Balaban J connectivity index is 1.67. The number of likely N-dealkylation sites (N-methyl/N-ethyl adjacent to an activating group) is 2. The Kier molecular flexibility index (Phi) is 6.46. The Morgan fingerprint density at radius 2 is 1.93 bits per heavy atom. The topological polar surface area (TPSA) is 96.6 Å². The number of aromatic nitrogens is 2. The maximum atomic E-state index is 12.7. The lowest BCUT2D eigenvalue weighted by molar-refractivity contribution is -0.132. The molecule has 0 N–H and O–H groups in total. The normalized spacial score (nSPS) is 11.7. The number of benzene rings is 1. The lowest BCUT2D eigenvalue weighted by Gasteiger charge is -2.23.